The van der Waals surface area contributed by atoms with Crippen molar-refractivity contribution in [2.24, 2.45) is 0 Å². The molecule has 1 amide bonds. The number of methoxy groups -OCH3 is 1. The molecule has 1 aromatic heterocycles. The topological polar surface area (TPSA) is 63.2 Å². The molecule has 3 aromatic rings. The lowest BCUT2D eigenvalue weighted by atomic mass is 10.2. The molecular weight excluding hydrogens is 333 g/mol. The lowest BCUT2D eigenvalue weighted by Crippen LogP contribution is -2.12. The number of aryl methyl sites for hydroxylation is 1. The molecule has 0 saturated carbocycles. The van der Waals surface area contributed by atoms with Crippen LogP contribution in [0.25, 0.3) is 0 Å². The van der Waals surface area contributed by atoms with E-state index < -0.39 is 0 Å². The zero-order chi connectivity index (χ0) is 18.5. The van der Waals surface area contributed by atoms with Crippen molar-refractivity contribution in [2.45, 2.75) is 6.92 Å². The molecule has 1 heterocycles. The molecule has 2 aromatic carbocycles. The molecule has 0 radical (unpaired) electrons. The zero-order valence-electron chi connectivity index (χ0n) is 14.4. The highest BCUT2D eigenvalue weighted by Crippen LogP contribution is 2.28. The maximum Gasteiger partial charge on any atom is 0.256 e. The highest BCUT2D eigenvalue weighted by Gasteiger charge is 2.08. The second kappa shape index (κ2) is 7.65. The van der Waals surface area contributed by atoms with Gasteiger partial charge in [0.05, 0.1) is 24.7 Å². The smallest absolute Gasteiger partial charge is 0.256 e. The Hall–Kier alpha value is -3.41. The largest absolute Gasteiger partial charge is 0.495 e. The summed E-state index contributed by atoms with van der Waals surface area (Å²) in [5, 5.41) is 5.92. The summed E-state index contributed by atoms with van der Waals surface area (Å²) in [7, 11) is 1.61. The number of carbonyl (C=O) groups excluding carboxylic acids is 1. The molecule has 26 heavy (non-hydrogen) atoms. The number of halogens is 1. The summed E-state index contributed by atoms with van der Waals surface area (Å²) in [6.07, 6.45) is 1.61. The van der Waals surface area contributed by atoms with E-state index in [0.29, 0.717) is 11.4 Å². The minimum absolute atomic E-state index is 0.349. The van der Waals surface area contributed by atoms with Crippen LogP contribution in [-0.2, 0) is 0 Å². The molecule has 2 N–H and O–H groups in total. The monoisotopic (exact) mass is 351 g/mol. The van der Waals surface area contributed by atoms with E-state index in [4.69, 9.17) is 4.74 Å². The fourth-order valence-electron chi connectivity index (χ4n) is 2.41. The van der Waals surface area contributed by atoms with E-state index in [9.17, 15) is 9.18 Å². The molecule has 132 valence electrons. The minimum atomic E-state index is -0.387. The number of hydrogen-bond acceptors (Lipinski definition) is 4. The van der Waals surface area contributed by atoms with E-state index in [1.807, 2.05) is 25.1 Å². The first kappa shape index (κ1) is 17.4. The number of anilines is 3. The van der Waals surface area contributed by atoms with Crippen LogP contribution >= 0.6 is 0 Å². The number of nitrogens with one attached hydrogen (secondary N) is 2. The second-order valence-electron chi connectivity index (χ2n) is 5.72. The van der Waals surface area contributed by atoms with Crippen LogP contribution < -0.4 is 15.4 Å². The predicted molar refractivity (Wildman–Crippen MR) is 99.6 cm³/mol. The molecule has 0 saturated heterocycles. The van der Waals surface area contributed by atoms with Crippen molar-refractivity contribution in [2.75, 3.05) is 17.7 Å². The normalized spacial score (nSPS) is 10.3. The van der Waals surface area contributed by atoms with Gasteiger partial charge in [0.25, 0.3) is 5.91 Å². The van der Waals surface area contributed by atoms with Crippen molar-refractivity contribution in [3.63, 3.8) is 0 Å². The zero-order valence-corrected chi connectivity index (χ0v) is 14.4. The fraction of sp³-hybridized carbons (Fsp3) is 0.100. The predicted octanol–water partition coefficient (Wildman–Crippen LogP) is 4.53. The lowest BCUT2D eigenvalue weighted by Gasteiger charge is -2.12. The first-order chi connectivity index (χ1) is 12.5. The molecule has 0 aliphatic rings. The van der Waals surface area contributed by atoms with Gasteiger partial charge in [-0.3, -0.25) is 4.79 Å². The number of nitrogens with zero attached hydrogens (tertiary/aromatic N) is 1. The van der Waals surface area contributed by atoms with E-state index in [2.05, 4.69) is 15.6 Å². The number of hydrogen-bond donors (Lipinski definition) is 2. The van der Waals surface area contributed by atoms with E-state index in [0.717, 1.165) is 22.7 Å². The van der Waals surface area contributed by atoms with Crippen LogP contribution in [0.3, 0.4) is 0 Å². The average molecular weight is 351 g/mol. The maximum atomic E-state index is 12.9. The Morgan fingerprint density at radius 3 is 2.50 bits per heavy atom. The summed E-state index contributed by atoms with van der Waals surface area (Å²) in [6, 6.07) is 14.6. The standard InChI is InChI=1S/C20H18FN3O2/c1-13-3-9-18(26-2)17(11-13)23-16-8-10-19(22-12-16)24-20(25)14-4-6-15(21)7-5-14/h3-12,23H,1-2H3,(H,22,24,25). The SMILES string of the molecule is COc1ccc(C)cc1Nc1ccc(NC(=O)c2ccc(F)cc2)nc1. The average Bonchev–Trinajstić information content (AvgIpc) is 2.64. The minimum Gasteiger partial charge on any atom is -0.495 e. The summed E-state index contributed by atoms with van der Waals surface area (Å²) >= 11 is 0. The Kier molecular flexibility index (Phi) is 5.12. The molecule has 6 heteroatoms. The van der Waals surface area contributed by atoms with E-state index in [1.165, 1.54) is 24.3 Å². The fourth-order valence-corrected chi connectivity index (χ4v) is 2.41. The van der Waals surface area contributed by atoms with Gasteiger partial charge in [-0.1, -0.05) is 6.07 Å². The van der Waals surface area contributed by atoms with Crippen molar-refractivity contribution in [3.8, 4) is 5.75 Å². The van der Waals surface area contributed by atoms with E-state index in [-0.39, 0.29) is 11.7 Å². The van der Waals surface area contributed by atoms with Crippen LogP contribution in [0.1, 0.15) is 15.9 Å². The lowest BCUT2D eigenvalue weighted by molar-refractivity contribution is 0.102. The Labute approximate surface area is 150 Å². The number of pyridine rings is 1. The summed E-state index contributed by atoms with van der Waals surface area (Å²) in [6.45, 7) is 2.00. The number of aromatic nitrogens is 1. The third-order valence-corrected chi connectivity index (χ3v) is 3.75. The van der Waals surface area contributed by atoms with Gasteiger partial charge in [-0.15, -0.1) is 0 Å². The number of benzene rings is 2. The molecule has 5 nitrogen and oxygen atoms in total. The van der Waals surface area contributed by atoms with E-state index >= 15 is 0 Å². The molecule has 0 unspecified atom stereocenters. The van der Waals surface area contributed by atoms with Crippen LogP contribution in [-0.4, -0.2) is 18.0 Å². The Morgan fingerprint density at radius 1 is 1.08 bits per heavy atom. The van der Waals surface area contributed by atoms with Gasteiger partial charge in [-0.05, 0) is 61.0 Å². The van der Waals surface area contributed by atoms with Crippen LogP contribution in [0.5, 0.6) is 5.75 Å². The Morgan fingerprint density at radius 2 is 1.85 bits per heavy atom. The van der Waals surface area contributed by atoms with Gasteiger partial charge in [0.1, 0.15) is 17.4 Å². The molecule has 0 atom stereocenters. The van der Waals surface area contributed by atoms with Gasteiger partial charge < -0.3 is 15.4 Å². The Balaban J connectivity index is 1.70. The highest BCUT2D eigenvalue weighted by atomic mass is 19.1. The molecular formula is C20H18FN3O2. The van der Waals surface area contributed by atoms with Crippen LogP contribution in [0.15, 0.2) is 60.8 Å². The van der Waals surface area contributed by atoms with Crippen molar-refractivity contribution in [1.82, 2.24) is 4.98 Å². The third kappa shape index (κ3) is 4.16. The van der Waals surface area contributed by atoms with Crippen LogP contribution in [0.4, 0.5) is 21.6 Å². The summed E-state index contributed by atoms with van der Waals surface area (Å²) < 4.78 is 18.3. The first-order valence-corrected chi connectivity index (χ1v) is 8.00. The number of rotatable bonds is 5. The highest BCUT2D eigenvalue weighted by molar-refractivity contribution is 6.03. The third-order valence-electron chi connectivity index (χ3n) is 3.75. The van der Waals surface area contributed by atoms with Crippen molar-refractivity contribution >= 4 is 23.1 Å². The van der Waals surface area contributed by atoms with Gasteiger partial charge in [-0.25, -0.2) is 9.37 Å². The van der Waals surface area contributed by atoms with Gasteiger partial charge in [0.15, 0.2) is 0 Å². The van der Waals surface area contributed by atoms with Crippen molar-refractivity contribution in [3.05, 3.63) is 77.7 Å². The Bertz CT molecular complexity index is 909. The molecule has 0 aliphatic heterocycles. The van der Waals surface area contributed by atoms with Gasteiger partial charge in [0.2, 0.25) is 0 Å². The van der Waals surface area contributed by atoms with Crippen molar-refractivity contribution in [1.29, 1.82) is 0 Å². The quantitative estimate of drug-likeness (QED) is 0.709. The van der Waals surface area contributed by atoms with E-state index in [1.54, 1.807) is 25.4 Å². The summed E-state index contributed by atoms with van der Waals surface area (Å²) in [5.74, 6) is 0.394. The summed E-state index contributed by atoms with van der Waals surface area (Å²) in [5.41, 5.74) is 3.05. The second-order valence-corrected chi connectivity index (χ2v) is 5.72. The van der Waals surface area contributed by atoms with Gasteiger partial charge in [0, 0.05) is 5.56 Å². The number of carbonyl (C=O) groups is 1. The van der Waals surface area contributed by atoms with Gasteiger partial charge >= 0.3 is 0 Å². The first-order valence-electron chi connectivity index (χ1n) is 8.00. The van der Waals surface area contributed by atoms with Crippen LogP contribution in [0, 0.1) is 12.7 Å². The molecule has 0 spiro atoms. The maximum absolute atomic E-state index is 12.9. The van der Waals surface area contributed by atoms with Crippen molar-refractivity contribution < 1.29 is 13.9 Å². The number of amides is 1. The number of ether oxygens (including phenoxy) is 1. The molecule has 0 bridgehead atoms. The summed E-state index contributed by atoms with van der Waals surface area (Å²) in [4.78, 5) is 16.3. The molecule has 3 rings (SSSR count). The molecule has 0 fully saturated rings. The van der Waals surface area contributed by atoms with Crippen LogP contribution in [0.2, 0.25) is 0 Å². The molecule has 0 aliphatic carbocycles. The van der Waals surface area contributed by atoms with Gasteiger partial charge in [-0.2, -0.15) is 0 Å².